The van der Waals surface area contributed by atoms with Crippen LogP contribution in [-0.4, -0.2) is 25.0 Å². The standard InChI is InChI=1S/C17H17F2IN2O2.C17H13F2IN2O2/c2*1-3-8-24-22-17(23)12-5-6-13(18)15(19)16(12)21-14-7-4-11(20)9-10(14)2/h4-7,9,21H,3,8H2,1-2H3,(H,22,23);1,4-7,9,21H,8H2,2H3,(H,22,23). The van der Waals surface area contributed by atoms with Gasteiger partial charge in [0.25, 0.3) is 11.8 Å². The van der Waals surface area contributed by atoms with Crippen LogP contribution in [0.15, 0.2) is 60.7 Å². The van der Waals surface area contributed by atoms with E-state index >= 15 is 0 Å². The van der Waals surface area contributed by atoms with E-state index in [0.717, 1.165) is 36.5 Å². The Hall–Kier alpha value is -3.92. The fourth-order valence-corrected chi connectivity index (χ4v) is 5.29. The maximum atomic E-state index is 14.2. The van der Waals surface area contributed by atoms with Crippen molar-refractivity contribution in [3.05, 3.63) is 113 Å². The summed E-state index contributed by atoms with van der Waals surface area (Å²) in [6, 6.07) is 15.0. The first kappa shape index (κ1) is 38.5. The lowest BCUT2D eigenvalue weighted by molar-refractivity contribution is 0.0315. The second kappa shape index (κ2) is 18.6. The molecule has 0 aliphatic carbocycles. The van der Waals surface area contributed by atoms with Crippen LogP contribution in [0.2, 0.25) is 0 Å². The first-order chi connectivity index (χ1) is 22.9. The van der Waals surface area contributed by atoms with Crippen LogP contribution in [0.5, 0.6) is 0 Å². The molecule has 0 spiro atoms. The highest BCUT2D eigenvalue weighted by atomic mass is 127. The number of hydroxylamine groups is 2. The Balaban J connectivity index is 0.000000260. The van der Waals surface area contributed by atoms with Gasteiger partial charge in [-0.2, -0.15) is 0 Å². The van der Waals surface area contributed by atoms with Gasteiger partial charge in [0.1, 0.15) is 6.61 Å². The molecular weight excluding hydrogens is 858 g/mol. The zero-order valence-electron chi connectivity index (χ0n) is 25.9. The van der Waals surface area contributed by atoms with Crippen molar-refractivity contribution in [2.75, 3.05) is 23.8 Å². The third kappa shape index (κ3) is 10.5. The van der Waals surface area contributed by atoms with E-state index in [4.69, 9.17) is 16.1 Å². The normalized spacial score (nSPS) is 10.3. The van der Waals surface area contributed by atoms with Crippen molar-refractivity contribution >= 4 is 79.7 Å². The molecule has 48 heavy (non-hydrogen) atoms. The van der Waals surface area contributed by atoms with Gasteiger partial charge < -0.3 is 10.6 Å². The first-order valence-electron chi connectivity index (χ1n) is 14.2. The number of hydrogen-bond acceptors (Lipinski definition) is 6. The summed E-state index contributed by atoms with van der Waals surface area (Å²) >= 11 is 4.30. The van der Waals surface area contributed by atoms with Gasteiger partial charge in [-0.25, -0.2) is 28.5 Å². The third-order valence-corrected chi connectivity index (χ3v) is 7.71. The zero-order chi connectivity index (χ0) is 35.4. The molecule has 4 aromatic rings. The van der Waals surface area contributed by atoms with E-state index in [1.807, 2.05) is 45.0 Å². The van der Waals surface area contributed by atoms with E-state index in [0.29, 0.717) is 24.4 Å². The summed E-state index contributed by atoms with van der Waals surface area (Å²) in [4.78, 5) is 34.0. The molecule has 0 aliphatic rings. The predicted molar refractivity (Wildman–Crippen MR) is 193 cm³/mol. The molecule has 4 rings (SSSR count). The Morgan fingerprint density at radius 1 is 0.729 bits per heavy atom. The van der Waals surface area contributed by atoms with Crippen molar-refractivity contribution in [1.82, 2.24) is 11.0 Å². The Bertz CT molecular complexity index is 1840. The molecule has 0 bridgehead atoms. The van der Waals surface area contributed by atoms with E-state index in [1.165, 1.54) is 6.07 Å². The number of carbonyl (C=O) groups excluding carboxylic acids is 2. The van der Waals surface area contributed by atoms with Crippen molar-refractivity contribution in [2.24, 2.45) is 0 Å². The topological polar surface area (TPSA) is 101 Å². The maximum absolute atomic E-state index is 14.2. The van der Waals surface area contributed by atoms with Crippen molar-refractivity contribution in [3.8, 4) is 12.3 Å². The average Bonchev–Trinajstić information content (AvgIpc) is 3.04. The fourth-order valence-electron chi connectivity index (χ4n) is 4.00. The second-order valence-corrected chi connectivity index (χ2v) is 12.4. The summed E-state index contributed by atoms with van der Waals surface area (Å²) in [5, 5.41) is 5.59. The van der Waals surface area contributed by atoms with Crippen LogP contribution in [0.3, 0.4) is 0 Å². The number of amides is 2. The molecule has 4 aromatic carbocycles. The van der Waals surface area contributed by atoms with Crippen LogP contribution < -0.4 is 21.6 Å². The van der Waals surface area contributed by atoms with Gasteiger partial charge in [-0.1, -0.05) is 12.8 Å². The molecule has 0 fully saturated rings. The van der Waals surface area contributed by atoms with Gasteiger partial charge in [0.05, 0.1) is 29.1 Å². The predicted octanol–water partition coefficient (Wildman–Crippen LogP) is 8.61. The minimum atomic E-state index is -1.16. The van der Waals surface area contributed by atoms with E-state index in [1.54, 1.807) is 12.1 Å². The lowest BCUT2D eigenvalue weighted by Crippen LogP contribution is -2.25. The van der Waals surface area contributed by atoms with Gasteiger partial charge in [-0.3, -0.25) is 19.3 Å². The lowest BCUT2D eigenvalue weighted by Gasteiger charge is -2.15. The largest absolute Gasteiger partial charge is 0.352 e. The molecule has 0 radical (unpaired) electrons. The number of nitrogens with one attached hydrogen (secondary N) is 4. The zero-order valence-corrected chi connectivity index (χ0v) is 30.2. The molecule has 0 unspecified atom stereocenters. The summed E-state index contributed by atoms with van der Waals surface area (Å²) < 4.78 is 57.7. The Labute approximate surface area is 302 Å². The maximum Gasteiger partial charge on any atom is 0.277 e. The SMILES string of the molecule is C#CCONC(=O)c1ccc(F)c(F)c1Nc1ccc(I)cc1C.CCCONC(=O)c1ccc(F)c(F)c1Nc1ccc(I)cc1C. The molecule has 0 atom stereocenters. The third-order valence-electron chi connectivity index (χ3n) is 6.37. The Kier molecular flexibility index (Phi) is 14.9. The van der Waals surface area contributed by atoms with Gasteiger partial charge >= 0.3 is 0 Å². The summed E-state index contributed by atoms with van der Waals surface area (Å²) in [5.41, 5.74) is 6.47. The van der Waals surface area contributed by atoms with E-state index < -0.39 is 35.1 Å². The molecule has 4 N–H and O–H groups in total. The number of carbonyl (C=O) groups is 2. The number of rotatable bonds is 11. The molecule has 0 saturated heterocycles. The van der Waals surface area contributed by atoms with Crippen LogP contribution in [-0.2, 0) is 9.68 Å². The molecule has 0 saturated carbocycles. The molecular formula is C34H30F4I2N4O4. The highest BCUT2D eigenvalue weighted by Gasteiger charge is 2.21. The van der Waals surface area contributed by atoms with Crippen molar-refractivity contribution in [1.29, 1.82) is 0 Å². The molecule has 0 aromatic heterocycles. The molecule has 2 amide bonds. The number of terminal acetylenes is 1. The van der Waals surface area contributed by atoms with Crippen molar-refractivity contribution in [2.45, 2.75) is 27.2 Å². The molecule has 0 aliphatic heterocycles. The van der Waals surface area contributed by atoms with Crippen LogP contribution >= 0.6 is 45.2 Å². The summed E-state index contributed by atoms with van der Waals surface area (Å²) in [7, 11) is 0. The highest BCUT2D eigenvalue weighted by Crippen LogP contribution is 2.30. The Morgan fingerprint density at radius 3 is 1.56 bits per heavy atom. The van der Waals surface area contributed by atoms with Gasteiger partial charge in [-0.15, -0.1) is 6.42 Å². The molecule has 14 heteroatoms. The first-order valence-corrected chi connectivity index (χ1v) is 16.3. The second-order valence-electron chi connectivity index (χ2n) is 9.94. The van der Waals surface area contributed by atoms with Gasteiger partial charge in [0.15, 0.2) is 23.3 Å². The van der Waals surface area contributed by atoms with Gasteiger partial charge in [0.2, 0.25) is 0 Å². The van der Waals surface area contributed by atoms with Crippen molar-refractivity contribution < 1.29 is 36.8 Å². The van der Waals surface area contributed by atoms with E-state index in [-0.39, 0.29) is 29.1 Å². The average molecular weight is 888 g/mol. The molecule has 252 valence electrons. The number of anilines is 4. The highest BCUT2D eigenvalue weighted by molar-refractivity contribution is 14.1. The summed E-state index contributed by atoms with van der Waals surface area (Å²) in [6.07, 6.45) is 5.72. The number of aryl methyl sites for hydroxylation is 2. The minimum absolute atomic E-state index is 0.0389. The summed E-state index contributed by atoms with van der Waals surface area (Å²) in [5.74, 6) is -3.58. The summed E-state index contributed by atoms with van der Waals surface area (Å²) in [6.45, 7) is 5.72. The smallest absolute Gasteiger partial charge is 0.277 e. The van der Waals surface area contributed by atoms with Crippen LogP contribution in [0, 0.1) is 56.6 Å². The number of hydrogen-bond donors (Lipinski definition) is 4. The fraction of sp³-hybridized carbons (Fsp3) is 0.176. The molecule has 0 heterocycles. The molecule has 8 nitrogen and oxygen atoms in total. The van der Waals surface area contributed by atoms with Crippen LogP contribution in [0.25, 0.3) is 0 Å². The van der Waals surface area contributed by atoms with Crippen molar-refractivity contribution in [3.63, 3.8) is 0 Å². The van der Waals surface area contributed by atoms with Gasteiger partial charge in [-0.05, 0) is 137 Å². The Morgan fingerprint density at radius 2 is 1.17 bits per heavy atom. The minimum Gasteiger partial charge on any atom is -0.352 e. The number of halogens is 6. The quantitative estimate of drug-likeness (QED) is 0.0396. The number of benzene rings is 4. The lowest BCUT2D eigenvalue weighted by atomic mass is 10.1. The van der Waals surface area contributed by atoms with Gasteiger partial charge in [0, 0.05) is 18.5 Å². The van der Waals surface area contributed by atoms with Crippen LogP contribution in [0.1, 0.15) is 45.2 Å². The monoisotopic (exact) mass is 888 g/mol. The van der Waals surface area contributed by atoms with Crippen LogP contribution in [0.4, 0.5) is 40.3 Å². The van der Waals surface area contributed by atoms with E-state index in [9.17, 15) is 27.2 Å². The van der Waals surface area contributed by atoms with E-state index in [2.05, 4.69) is 72.7 Å².